The molecule has 0 aromatic carbocycles. The summed E-state index contributed by atoms with van der Waals surface area (Å²) in [6.07, 6.45) is 5.54. The van der Waals surface area contributed by atoms with Gasteiger partial charge in [0.1, 0.15) is 0 Å². The highest BCUT2D eigenvalue weighted by Crippen LogP contribution is 2.18. The Morgan fingerprint density at radius 2 is 2.29 bits per heavy atom. The Hall–Kier alpha value is -0.0600. The minimum atomic E-state index is 0.633. The molecule has 0 radical (unpaired) electrons. The van der Waals surface area contributed by atoms with Crippen LogP contribution in [0.5, 0.6) is 0 Å². The third kappa shape index (κ3) is 7.06. The van der Waals surface area contributed by atoms with Crippen LogP contribution in [-0.2, 0) is 0 Å². The maximum absolute atomic E-state index is 4.34. The third-order valence-electron chi connectivity index (χ3n) is 2.47. The number of hydrogen-bond donors (Lipinski definition) is 1. The second-order valence-electron chi connectivity index (χ2n) is 4.16. The number of thioether (sulfide) groups is 1. The van der Waals surface area contributed by atoms with Gasteiger partial charge in [0.2, 0.25) is 0 Å². The van der Waals surface area contributed by atoms with E-state index in [0.717, 1.165) is 21.8 Å². The summed E-state index contributed by atoms with van der Waals surface area (Å²) >= 11 is 5.23. The summed E-state index contributed by atoms with van der Waals surface area (Å²) in [5, 5.41) is 4.62. The molecule has 0 aliphatic rings. The molecule has 17 heavy (non-hydrogen) atoms. The highest BCUT2D eigenvalue weighted by molar-refractivity contribution is 9.10. The highest BCUT2D eigenvalue weighted by atomic mass is 79.9. The molecule has 1 atom stereocenters. The van der Waals surface area contributed by atoms with Crippen LogP contribution in [0.2, 0.25) is 0 Å². The van der Waals surface area contributed by atoms with Gasteiger partial charge in [-0.2, -0.15) is 0 Å². The fourth-order valence-electron chi connectivity index (χ4n) is 1.51. The second-order valence-corrected chi connectivity index (χ2v) is 6.19. The van der Waals surface area contributed by atoms with Crippen molar-refractivity contribution in [2.75, 3.05) is 12.3 Å². The molecule has 1 unspecified atom stereocenters. The average Bonchev–Trinajstić information content (AvgIpc) is 2.34. The maximum Gasteiger partial charge on any atom is 0.0960 e. The van der Waals surface area contributed by atoms with Gasteiger partial charge in [0, 0.05) is 16.7 Å². The van der Waals surface area contributed by atoms with Crippen molar-refractivity contribution in [3.05, 3.63) is 22.8 Å². The Kier molecular flexibility index (Phi) is 7.90. The number of pyridine rings is 1. The van der Waals surface area contributed by atoms with Crippen LogP contribution in [0.4, 0.5) is 0 Å². The molecule has 0 aliphatic heterocycles. The minimum Gasteiger partial charge on any atom is -0.314 e. The molecule has 1 aromatic rings. The van der Waals surface area contributed by atoms with Gasteiger partial charge in [0.15, 0.2) is 0 Å². The maximum atomic E-state index is 4.34. The average molecular weight is 317 g/mol. The highest BCUT2D eigenvalue weighted by Gasteiger charge is 2.01. The molecule has 0 saturated heterocycles. The molecule has 1 aromatic heterocycles. The van der Waals surface area contributed by atoms with Crippen LogP contribution in [0.3, 0.4) is 0 Å². The number of nitrogens with one attached hydrogen (secondary N) is 1. The van der Waals surface area contributed by atoms with E-state index in [2.05, 4.69) is 46.1 Å². The summed E-state index contributed by atoms with van der Waals surface area (Å²) in [6.45, 7) is 5.59. The predicted octanol–water partition coefficient (Wildman–Crippen LogP) is 4.10. The van der Waals surface area contributed by atoms with E-state index >= 15 is 0 Å². The van der Waals surface area contributed by atoms with Gasteiger partial charge in [0.25, 0.3) is 0 Å². The van der Waals surface area contributed by atoms with Crippen molar-refractivity contribution >= 4 is 27.7 Å². The van der Waals surface area contributed by atoms with Crippen molar-refractivity contribution < 1.29 is 0 Å². The van der Waals surface area contributed by atoms with Crippen LogP contribution >= 0.6 is 27.7 Å². The zero-order valence-electron chi connectivity index (χ0n) is 10.6. The SMILES string of the molecule is CCCNC(C)CCCSc1ccc(Br)cn1. The van der Waals surface area contributed by atoms with Crippen molar-refractivity contribution in [3.8, 4) is 0 Å². The molecule has 0 fully saturated rings. The van der Waals surface area contributed by atoms with Crippen LogP contribution in [0.15, 0.2) is 27.8 Å². The van der Waals surface area contributed by atoms with E-state index in [1.54, 1.807) is 0 Å². The molecular weight excluding hydrogens is 296 g/mol. The quantitative estimate of drug-likeness (QED) is 0.577. The summed E-state index contributed by atoms with van der Waals surface area (Å²) in [4.78, 5) is 4.34. The van der Waals surface area contributed by atoms with Gasteiger partial charge in [0.05, 0.1) is 5.03 Å². The van der Waals surface area contributed by atoms with Gasteiger partial charge < -0.3 is 5.32 Å². The first-order valence-electron chi connectivity index (χ1n) is 6.20. The van der Waals surface area contributed by atoms with Crippen molar-refractivity contribution in [2.45, 2.75) is 44.2 Å². The first-order chi connectivity index (χ1) is 8.22. The molecule has 2 nitrogen and oxygen atoms in total. The van der Waals surface area contributed by atoms with E-state index in [0.29, 0.717) is 6.04 Å². The Morgan fingerprint density at radius 1 is 1.47 bits per heavy atom. The summed E-state index contributed by atoms with van der Waals surface area (Å²) in [5.41, 5.74) is 0. The zero-order chi connectivity index (χ0) is 12.5. The number of aromatic nitrogens is 1. The number of hydrogen-bond acceptors (Lipinski definition) is 3. The molecule has 4 heteroatoms. The lowest BCUT2D eigenvalue weighted by atomic mass is 10.2. The zero-order valence-corrected chi connectivity index (χ0v) is 13.0. The second kappa shape index (κ2) is 8.95. The Labute approximate surface area is 117 Å². The molecule has 0 bridgehead atoms. The molecule has 1 heterocycles. The van der Waals surface area contributed by atoms with Crippen LogP contribution in [0.25, 0.3) is 0 Å². The lowest BCUT2D eigenvalue weighted by Crippen LogP contribution is -2.26. The van der Waals surface area contributed by atoms with E-state index in [-0.39, 0.29) is 0 Å². The minimum absolute atomic E-state index is 0.633. The van der Waals surface area contributed by atoms with Crippen LogP contribution < -0.4 is 5.32 Å². The largest absolute Gasteiger partial charge is 0.314 e. The van der Waals surface area contributed by atoms with Gasteiger partial charge >= 0.3 is 0 Å². The van der Waals surface area contributed by atoms with Gasteiger partial charge in [-0.15, -0.1) is 11.8 Å². The standard InChI is InChI=1S/C13H21BrN2S/c1-3-8-15-11(2)5-4-9-17-13-7-6-12(14)10-16-13/h6-7,10-11,15H,3-5,8-9H2,1-2H3. The topological polar surface area (TPSA) is 24.9 Å². The van der Waals surface area contributed by atoms with Gasteiger partial charge in [-0.1, -0.05) is 6.92 Å². The molecule has 1 rings (SSSR count). The van der Waals surface area contributed by atoms with Gasteiger partial charge in [-0.05, 0) is 66.5 Å². The van der Waals surface area contributed by atoms with Crippen molar-refractivity contribution in [1.82, 2.24) is 10.3 Å². The lowest BCUT2D eigenvalue weighted by molar-refractivity contribution is 0.510. The molecular formula is C13H21BrN2S. The van der Waals surface area contributed by atoms with E-state index < -0.39 is 0 Å². The molecule has 0 aliphatic carbocycles. The molecule has 0 saturated carbocycles. The van der Waals surface area contributed by atoms with E-state index in [1.165, 1.54) is 19.3 Å². The van der Waals surface area contributed by atoms with Gasteiger partial charge in [-0.3, -0.25) is 0 Å². The summed E-state index contributed by atoms with van der Waals surface area (Å²) in [7, 11) is 0. The van der Waals surface area contributed by atoms with Crippen molar-refractivity contribution in [3.63, 3.8) is 0 Å². The van der Waals surface area contributed by atoms with Crippen molar-refractivity contribution in [2.24, 2.45) is 0 Å². The fraction of sp³-hybridized carbons (Fsp3) is 0.615. The molecule has 1 N–H and O–H groups in total. The smallest absolute Gasteiger partial charge is 0.0960 e. The fourth-order valence-corrected chi connectivity index (χ4v) is 2.55. The van der Waals surface area contributed by atoms with Crippen molar-refractivity contribution in [1.29, 1.82) is 0 Å². The molecule has 0 spiro atoms. The monoisotopic (exact) mass is 316 g/mol. The Balaban J connectivity index is 2.09. The van der Waals surface area contributed by atoms with E-state index in [9.17, 15) is 0 Å². The van der Waals surface area contributed by atoms with Crippen LogP contribution in [0, 0.1) is 0 Å². The van der Waals surface area contributed by atoms with E-state index in [4.69, 9.17) is 0 Å². The van der Waals surface area contributed by atoms with E-state index in [1.807, 2.05) is 24.0 Å². The predicted molar refractivity (Wildman–Crippen MR) is 79.7 cm³/mol. The Bertz CT molecular complexity index is 303. The van der Waals surface area contributed by atoms with Gasteiger partial charge in [-0.25, -0.2) is 4.98 Å². The summed E-state index contributed by atoms with van der Waals surface area (Å²) < 4.78 is 1.04. The first kappa shape index (κ1) is 15.0. The van der Waals surface area contributed by atoms with Crippen LogP contribution in [-0.4, -0.2) is 23.3 Å². The number of halogens is 1. The number of rotatable bonds is 8. The summed E-state index contributed by atoms with van der Waals surface area (Å²) in [5.74, 6) is 1.15. The molecule has 96 valence electrons. The summed E-state index contributed by atoms with van der Waals surface area (Å²) in [6, 6.07) is 4.74. The first-order valence-corrected chi connectivity index (χ1v) is 7.98. The normalized spacial score (nSPS) is 12.6. The third-order valence-corrected chi connectivity index (χ3v) is 3.97. The molecule has 0 amide bonds. The Morgan fingerprint density at radius 3 is 2.94 bits per heavy atom. The number of nitrogens with zero attached hydrogens (tertiary/aromatic N) is 1. The van der Waals surface area contributed by atoms with Crippen LogP contribution in [0.1, 0.15) is 33.1 Å². The lowest BCUT2D eigenvalue weighted by Gasteiger charge is -2.12.